The maximum atomic E-state index is 12.6. The lowest BCUT2D eigenvalue weighted by Gasteiger charge is -2.61. The van der Waals surface area contributed by atoms with Gasteiger partial charge in [0.2, 0.25) is 11.6 Å². The van der Waals surface area contributed by atoms with Gasteiger partial charge < -0.3 is 19.9 Å². The van der Waals surface area contributed by atoms with E-state index in [9.17, 15) is 9.59 Å². The second-order valence-corrected chi connectivity index (χ2v) is 8.53. The van der Waals surface area contributed by atoms with Crippen molar-refractivity contribution in [3.8, 4) is 5.88 Å². The van der Waals surface area contributed by atoms with Gasteiger partial charge in [-0.2, -0.15) is 0 Å². The molecule has 0 saturated heterocycles. The van der Waals surface area contributed by atoms with Gasteiger partial charge in [-0.05, 0) is 56.4 Å². The first-order valence-electron chi connectivity index (χ1n) is 9.67. The molecule has 6 rings (SSSR count). The molecule has 0 aliphatic heterocycles. The molecule has 0 aromatic carbocycles. The molecule has 2 aromatic rings. The molecule has 8 heteroatoms. The average molecular weight is 382 g/mol. The molecule has 4 fully saturated rings. The summed E-state index contributed by atoms with van der Waals surface area (Å²) in [6.45, 7) is 0. The third-order valence-electron chi connectivity index (χ3n) is 6.30. The Bertz CT molecular complexity index is 869. The number of rotatable bonds is 4. The smallest absolute Gasteiger partial charge is 0.391 e. The second-order valence-electron chi connectivity index (χ2n) is 8.53. The van der Waals surface area contributed by atoms with Gasteiger partial charge in [0.1, 0.15) is 0 Å². The highest BCUT2D eigenvalue weighted by Crippen LogP contribution is 2.57. The van der Waals surface area contributed by atoms with E-state index in [2.05, 4.69) is 20.8 Å². The predicted molar refractivity (Wildman–Crippen MR) is 97.5 cm³/mol. The van der Waals surface area contributed by atoms with Gasteiger partial charge in [-0.1, -0.05) is 11.2 Å². The fourth-order valence-corrected chi connectivity index (χ4v) is 5.93. The lowest BCUT2D eigenvalue weighted by molar-refractivity contribution is -0.0453. The van der Waals surface area contributed by atoms with Crippen molar-refractivity contribution in [3.05, 3.63) is 42.4 Å². The molecule has 4 aliphatic carbocycles. The first kappa shape index (κ1) is 17.2. The normalized spacial score (nSPS) is 32.7. The van der Waals surface area contributed by atoms with Crippen LogP contribution in [0.15, 0.2) is 41.2 Å². The minimum atomic E-state index is -0.489. The molecule has 4 saturated carbocycles. The average Bonchev–Trinajstić information content (AvgIpc) is 3.15. The zero-order valence-electron chi connectivity index (χ0n) is 15.4. The molecule has 2 unspecified atom stereocenters. The topological polar surface area (TPSA) is 106 Å². The van der Waals surface area contributed by atoms with Crippen LogP contribution in [-0.2, 0) is 0 Å². The zero-order chi connectivity index (χ0) is 19.2. The molecule has 0 spiro atoms. The fraction of sp³-hybridized carbons (Fsp3) is 0.500. The number of carbonyl (C=O) groups is 2. The van der Waals surface area contributed by atoms with Gasteiger partial charge >= 0.3 is 6.09 Å². The Balaban J connectivity index is 1.33. The quantitative estimate of drug-likeness (QED) is 0.842. The lowest BCUT2D eigenvalue weighted by atomic mass is 9.50. The Morgan fingerprint density at radius 1 is 1.04 bits per heavy atom. The number of amides is 2. The number of hydrogen-bond acceptors (Lipinski definition) is 6. The standard InChI is InChI=1S/C20H22N4O4/c25-17(15-4-6-22-28-15)23-19-8-13-7-14(9-19)11-20(10-13,12-19)24-18(26)27-16-3-1-2-5-21-16/h1-6,13-14H,7-12H2,(H,23,25)(H,24,26). The molecular formula is C20H22N4O4. The van der Waals surface area contributed by atoms with Crippen molar-refractivity contribution in [2.75, 3.05) is 0 Å². The third-order valence-corrected chi connectivity index (χ3v) is 6.30. The van der Waals surface area contributed by atoms with E-state index in [1.807, 2.05) is 0 Å². The van der Waals surface area contributed by atoms with E-state index in [1.165, 1.54) is 6.20 Å². The Labute approximate surface area is 162 Å². The number of ether oxygens (including phenoxy) is 1. The zero-order valence-corrected chi connectivity index (χ0v) is 15.4. The molecule has 4 bridgehead atoms. The molecular weight excluding hydrogens is 360 g/mol. The second kappa shape index (κ2) is 6.32. The van der Waals surface area contributed by atoms with E-state index in [-0.39, 0.29) is 28.6 Å². The van der Waals surface area contributed by atoms with Crippen molar-refractivity contribution >= 4 is 12.0 Å². The maximum Gasteiger partial charge on any atom is 0.414 e. The first-order chi connectivity index (χ1) is 13.5. The predicted octanol–water partition coefficient (Wildman–Crippen LogP) is 2.68. The van der Waals surface area contributed by atoms with E-state index in [1.54, 1.807) is 30.5 Å². The summed E-state index contributed by atoms with van der Waals surface area (Å²) in [5, 5.41) is 9.93. The summed E-state index contributed by atoms with van der Waals surface area (Å²) in [6.07, 6.45) is 8.11. The fourth-order valence-electron chi connectivity index (χ4n) is 5.93. The van der Waals surface area contributed by atoms with Crippen molar-refractivity contribution in [3.63, 3.8) is 0 Å². The van der Waals surface area contributed by atoms with Gasteiger partial charge in [0.05, 0.1) is 6.20 Å². The lowest BCUT2D eigenvalue weighted by Crippen LogP contribution is -2.70. The number of carbonyl (C=O) groups excluding carboxylic acids is 2. The molecule has 28 heavy (non-hydrogen) atoms. The van der Waals surface area contributed by atoms with Gasteiger partial charge in [0, 0.05) is 29.4 Å². The molecule has 146 valence electrons. The number of pyridine rings is 1. The number of hydrogen-bond donors (Lipinski definition) is 2. The van der Waals surface area contributed by atoms with E-state index in [0.717, 1.165) is 32.1 Å². The van der Waals surface area contributed by atoms with Gasteiger partial charge in [-0.15, -0.1) is 0 Å². The van der Waals surface area contributed by atoms with Gasteiger partial charge in [0.15, 0.2) is 0 Å². The molecule has 0 radical (unpaired) electrons. The van der Waals surface area contributed by atoms with Crippen molar-refractivity contribution < 1.29 is 18.8 Å². The number of nitrogens with zero attached hydrogens (tertiary/aromatic N) is 2. The van der Waals surface area contributed by atoms with Crippen LogP contribution in [0.4, 0.5) is 4.79 Å². The number of aromatic nitrogens is 2. The monoisotopic (exact) mass is 382 g/mol. The Morgan fingerprint density at radius 3 is 2.43 bits per heavy atom. The van der Waals surface area contributed by atoms with Crippen molar-refractivity contribution in [2.45, 2.75) is 49.6 Å². The van der Waals surface area contributed by atoms with Crippen LogP contribution in [0.3, 0.4) is 0 Å². The van der Waals surface area contributed by atoms with Crippen LogP contribution in [0.1, 0.15) is 49.1 Å². The van der Waals surface area contributed by atoms with Crippen LogP contribution in [-0.4, -0.2) is 33.2 Å². The van der Waals surface area contributed by atoms with Gasteiger partial charge in [-0.3, -0.25) is 4.79 Å². The summed E-state index contributed by atoms with van der Waals surface area (Å²) in [6, 6.07) is 6.76. The van der Waals surface area contributed by atoms with Crippen molar-refractivity contribution in [2.24, 2.45) is 11.8 Å². The van der Waals surface area contributed by atoms with Gasteiger partial charge in [-0.25, -0.2) is 9.78 Å². The summed E-state index contributed by atoms with van der Waals surface area (Å²) in [5.41, 5.74) is -0.684. The van der Waals surface area contributed by atoms with Crippen molar-refractivity contribution in [1.29, 1.82) is 0 Å². The first-order valence-corrected chi connectivity index (χ1v) is 9.67. The highest BCUT2D eigenvalue weighted by molar-refractivity contribution is 5.91. The van der Waals surface area contributed by atoms with Crippen LogP contribution in [0.5, 0.6) is 5.88 Å². The van der Waals surface area contributed by atoms with Crippen LogP contribution in [0, 0.1) is 11.8 Å². The molecule has 2 N–H and O–H groups in total. The molecule has 2 heterocycles. The summed E-state index contributed by atoms with van der Waals surface area (Å²) in [7, 11) is 0. The highest BCUT2D eigenvalue weighted by atomic mass is 16.6. The Morgan fingerprint density at radius 2 is 1.79 bits per heavy atom. The summed E-state index contributed by atoms with van der Waals surface area (Å²) in [4.78, 5) is 29.2. The highest BCUT2D eigenvalue weighted by Gasteiger charge is 2.59. The van der Waals surface area contributed by atoms with E-state index >= 15 is 0 Å². The Kier molecular flexibility index (Phi) is 3.89. The van der Waals surface area contributed by atoms with E-state index < -0.39 is 6.09 Å². The minimum absolute atomic E-state index is 0.215. The number of nitrogens with one attached hydrogen (secondary N) is 2. The van der Waals surface area contributed by atoms with Crippen LogP contribution in [0.2, 0.25) is 0 Å². The molecule has 4 aliphatic rings. The molecule has 2 aromatic heterocycles. The maximum absolute atomic E-state index is 12.6. The van der Waals surface area contributed by atoms with Crippen LogP contribution < -0.4 is 15.4 Å². The summed E-state index contributed by atoms with van der Waals surface area (Å²) >= 11 is 0. The molecule has 2 amide bonds. The van der Waals surface area contributed by atoms with Crippen LogP contribution >= 0.6 is 0 Å². The minimum Gasteiger partial charge on any atom is -0.391 e. The molecule has 8 nitrogen and oxygen atoms in total. The third kappa shape index (κ3) is 3.12. The molecule has 2 atom stereocenters. The van der Waals surface area contributed by atoms with Gasteiger partial charge in [0.25, 0.3) is 5.91 Å². The summed E-state index contributed by atoms with van der Waals surface area (Å²) < 4.78 is 10.4. The summed E-state index contributed by atoms with van der Waals surface area (Å²) in [5.74, 6) is 1.20. The van der Waals surface area contributed by atoms with E-state index in [0.29, 0.717) is 18.3 Å². The Hall–Kier alpha value is -2.90. The SMILES string of the molecule is O=C(NC12CC3CC(C1)CC(NC(=O)c1ccno1)(C3)C2)Oc1ccccn1. The van der Waals surface area contributed by atoms with E-state index in [4.69, 9.17) is 9.26 Å². The van der Waals surface area contributed by atoms with Crippen LogP contribution in [0.25, 0.3) is 0 Å². The van der Waals surface area contributed by atoms with Crippen molar-refractivity contribution in [1.82, 2.24) is 20.8 Å². The largest absolute Gasteiger partial charge is 0.414 e.